The van der Waals surface area contributed by atoms with Crippen molar-refractivity contribution in [2.24, 2.45) is 0 Å². The van der Waals surface area contributed by atoms with Crippen molar-refractivity contribution in [3.8, 4) is 5.75 Å². The van der Waals surface area contributed by atoms with Gasteiger partial charge in [0, 0.05) is 12.0 Å². The fraction of sp³-hybridized carbons (Fsp3) is 0.333. The topological polar surface area (TPSA) is 126 Å². The minimum Gasteiger partial charge on any atom is -0.497 e. The smallest absolute Gasteiger partial charge is 0.252 e. The standard InChI is InChI=1S/C36H39N3O6/c1-22-28-13-9-8-12-26(28)20-29(22)34(42)37-23(2)33(41)39-31(19-25-14-16-27(44-4)17-15-25)35(43)38-30(32(40)36(3)21-45-36)18-24-10-6-5-7-11-24/h5-7,9-17,20,23,30-31H,8,18-19,21H2,1-4H3,(H,37,42)(H,38,43)(H,39,41). The van der Waals surface area contributed by atoms with Crippen LogP contribution in [0.3, 0.4) is 0 Å². The van der Waals surface area contributed by atoms with Gasteiger partial charge in [0.2, 0.25) is 11.8 Å². The van der Waals surface area contributed by atoms with Crippen molar-refractivity contribution in [1.82, 2.24) is 16.0 Å². The van der Waals surface area contributed by atoms with Crippen molar-refractivity contribution in [1.29, 1.82) is 0 Å². The quantitative estimate of drug-likeness (QED) is 0.299. The van der Waals surface area contributed by atoms with Crippen molar-refractivity contribution in [3.05, 3.63) is 112 Å². The van der Waals surface area contributed by atoms with Crippen LogP contribution in [-0.2, 0) is 36.8 Å². The van der Waals surface area contributed by atoms with Crippen LogP contribution in [0.25, 0.3) is 0 Å². The number of hydrogen-bond acceptors (Lipinski definition) is 6. The molecular weight excluding hydrogens is 570 g/mol. The Morgan fingerprint density at radius 2 is 1.56 bits per heavy atom. The van der Waals surface area contributed by atoms with Gasteiger partial charge in [-0.15, -0.1) is 0 Å². The Kier molecular flexibility index (Phi) is 9.48. The predicted octanol–water partition coefficient (Wildman–Crippen LogP) is 3.46. The van der Waals surface area contributed by atoms with Gasteiger partial charge in [-0.05, 0) is 79.7 Å². The molecule has 1 aliphatic heterocycles. The molecule has 2 aliphatic carbocycles. The second-order valence-electron chi connectivity index (χ2n) is 11.8. The van der Waals surface area contributed by atoms with Gasteiger partial charge >= 0.3 is 0 Å². The molecule has 0 saturated carbocycles. The van der Waals surface area contributed by atoms with Crippen molar-refractivity contribution < 1.29 is 28.7 Å². The molecule has 2 aromatic rings. The number of Topliss-reactive ketones (excluding diaryl/α,β-unsaturated/α-hetero) is 1. The number of benzene rings is 2. The first-order chi connectivity index (χ1) is 21.6. The first-order valence-corrected chi connectivity index (χ1v) is 15.1. The highest BCUT2D eigenvalue weighted by Crippen LogP contribution is 2.34. The number of hydrogen-bond donors (Lipinski definition) is 3. The van der Waals surface area contributed by atoms with Crippen molar-refractivity contribution >= 4 is 23.5 Å². The summed E-state index contributed by atoms with van der Waals surface area (Å²) in [4.78, 5) is 53.9. The third-order valence-electron chi connectivity index (χ3n) is 8.41. The molecule has 9 heteroatoms. The summed E-state index contributed by atoms with van der Waals surface area (Å²) in [5, 5.41) is 8.50. The lowest BCUT2D eigenvalue weighted by molar-refractivity contribution is -0.133. The maximum Gasteiger partial charge on any atom is 0.252 e. The third kappa shape index (κ3) is 7.49. The van der Waals surface area contributed by atoms with Gasteiger partial charge in [-0.25, -0.2) is 0 Å². The van der Waals surface area contributed by atoms with Crippen LogP contribution in [0, 0.1) is 0 Å². The molecule has 1 heterocycles. The molecule has 0 bridgehead atoms. The lowest BCUT2D eigenvalue weighted by Gasteiger charge is -2.25. The summed E-state index contributed by atoms with van der Waals surface area (Å²) in [5.41, 5.74) is 4.06. The van der Waals surface area contributed by atoms with E-state index >= 15 is 0 Å². The van der Waals surface area contributed by atoms with Gasteiger partial charge in [-0.2, -0.15) is 0 Å². The molecule has 0 radical (unpaired) electrons. The number of carbonyl (C=O) groups excluding carboxylic acids is 4. The molecule has 3 N–H and O–H groups in total. The first-order valence-electron chi connectivity index (χ1n) is 15.1. The molecule has 2 aromatic carbocycles. The molecule has 3 aliphatic rings. The fourth-order valence-electron chi connectivity index (χ4n) is 5.50. The number of ether oxygens (including phenoxy) is 2. The van der Waals surface area contributed by atoms with E-state index in [0.717, 1.165) is 34.3 Å². The van der Waals surface area contributed by atoms with E-state index in [4.69, 9.17) is 9.47 Å². The Labute approximate surface area is 263 Å². The van der Waals surface area contributed by atoms with Crippen LogP contribution in [0.2, 0.25) is 0 Å². The minimum absolute atomic E-state index is 0.152. The highest BCUT2D eigenvalue weighted by atomic mass is 16.6. The van der Waals surface area contributed by atoms with Gasteiger partial charge in [-0.3, -0.25) is 19.2 Å². The highest BCUT2D eigenvalue weighted by molar-refractivity contribution is 6.03. The van der Waals surface area contributed by atoms with Crippen LogP contribution in [0.15, 0.2) is 101 Å². The lowest BCUT2D eigenvalue weighted by atomic mass is 9.94. The number of fused-ring (bicyclic) bond motifs is 1. The number of ketones is 1. The van der Waals surface area contributed by atoms with Crippen LogP contribution < -0.4 is 20.7 Å². The molecule has 3 amide bonds. The Morgan fingerprint density at radius 1 is 0.911 bits per heavy atom. The largest absolute Gasteiger partial charge is 0.497 e. The fourth-order valence-corrected chi connectivity index (χ4v) is 5.50. The van der Waals surface area contributed by atoms with Gasteiger partial charge in [0.05, 0.1) is 19.8 Å². The van der Waals surface area contributed by atoms with Crippen LogP contribution in [-0.4, -0.2) is 60.9 Å². The van der Waals surface area contributed by atoms with E-state index in [1.807, 2.05) is 67.6 Å². The number of allylic oxidation sites excluding steroid dienone is 6. The summed E-state index contributed by atoms with van der Waals surface area (Å²) in [7, 11) is 1.57. The zero-order chi connectivity index (χ0) is 32.1. The summed E-state index contributed by atoms with van der Waals surface area (Å²) in [6.45, 7) is 5.46. The average Bonchev–Trinajstić information content (AvgIpc) is 3.72. The maximum absolute atomic E-state index is 13.8. The maximum atomic E-state index is 13.8. The SMILES string of the molecule is COc1ccc(CC(NC(=O)C(C)NC(=O)C2=CC3=CCC=CC3=C2C)C(=O)NC(Cc2ccccc2)C(=O)C2(C)CO2)cc1. The van der Waals surface area contributed by atoms with E-state index in [9.17, 15) is 19.2 Å². The summed E-state index contributed by atoms with van der Waals surface area (Å²) >= 11 is 0. The molecule has 0 spiro atoms. The van der Waals surface area contributed by atoms with E-state index in [-0.39, 0.29) is 31.1 Å². The van der Waals surface area contributed by atoms with Crippen LogP contribution in [0.5, 0.6) is 5.75 Å². The van der Waals surface area contributed by atoms with Crippen LogP contribution in [0.1, 0.15) is 38.3 Å². The number of methoxy groups -OCH3 is 1. The zero-order valence-electron chi connectivity index (χ0n) is 26.0. The van der Waals surface area contributed by atoms with E-state index in [1.165, 1.54) is 0 Å². The Bertz CT molecular complexity index is 1600. The summed E-state index contributed by atoms with van der Waals surface area (Å²) in [6, 6.07) is 13.8. The Hall–Kier alpha value is -4.76. The second-order valence-corrected chi connectivity index (χ2v) is 11.8. The number of epoxide rings is 1. The molecule has 4 atom stereocenters. The molecule has 0 aromatic heterocycles. The van der Waals surface area contributed by atoms with E-state index in [2.05, 4.69) is 22.0 Å². The Balaban J connectivity index is 1.32. The van der Waals surface area contributed by atoms with Crippen LogP contribution >= 0.6 is 0 Å². The van der Waals surface area contributed by atoms with Crippen LogP contribution in [0.4, 0.5) is 0 Å². The van der Waals surface area contributed by atoms with Crippen molar-refractivity contribution in [3.63, 3.8) is 0 Å². The zero-order valence-corrected chi connectivity index (χ0v) is 26.0. The van der Waals surface area contributed by atoms with Gasteiger partial charge in [0.15, 0.2) is 5.78 Å². The first kappa shape index (κ1) is 31.7. The van der Waals surface area contributed by atoms with Crippen molar-refractivity contribution in [2.45, 2.75) is 63.8 Å². The normalized spacial score (nSPS) is 20.2. The molecule has 1 saturated heterocycles. The second kappa shape index (κ2) is 13.5. The summed E-state index contributed by atoms with van der Waals surface area (Å²) in [5.74, 6) is -0.980. The van der Waals surface area contributed by atoms with E-state index < -0.39 is 35.5 Å². The molecule has 9 nitrogen and oxygen atoms in total. The van der Waals surface area contributed by atoms with E-state index in [0.29, 0.717) is 11.3 Å². The summed E-state index contributed by atoms with van der Waals surface area (Å²) < 4.78 is 10.7. The Morgan fingerprint density at radius 3 is 2.20 bits per heavy atom. The number of rotatable bonds is 13. The van der Waals surface area contributed by atoms with Gasteiger partial charge in [0.25, 0.3) is 5.91 Å². The van der Waals surface area contributed by atoms with Gasteiger partial charge in [0.1, 0.15) is 23.4 Å². The summed E-state index contributed by atoms with van der Waals surface area (Å²) in [6.07, 6.45) is 9.17. The molecule has 45 heavy (non-hydrogen) atoms. The molecule has 234 valence electrons. The molecule has 1 fully saturated rings. The number of carbonyl (C=O) groups is 4. The highest BCUT2D eigenvalue weighted by Gasteiger charge is 2.50. The monoisotopic (exact) mass is 609 g/mol. The number of nitrogens with one attached hydrogen (secondary N) is 3. The molecular formula is C36H39N3O6. The minimum atomic E-state index is -1.03. The van der Waals surface area contributed by atoms with E-state index in [1.54, 1.807) is 33.1 Å². The van der Waals surface area contributed by atoms with Gasteiger partial charge < -0.3 is 25.4 Å². The molecule has 5 rings (SSSR count). The third-order valence-corrected chi connectivity index (χ3v) is 8.41. The molecule has 4 unspecified atom stereocenters. The van der Waals surface area contributed by atoms with Crippen molar-refractivity contribution in [2.75, 3.05) is 13.7 Å². The number of amides is 3. The average molecular weight is 610 g/mol. The van der Waals surface area contributed by atoms with Gasteiger partial charge in [-0.1, -0.05) is 60.7 Å². The lowest BCUT2D eigenvalue weighted by Crippen LogP contribution is -2.57. The predicted molar refractivity (Wildman–Crippen MR) is 170 cm³/mol.